The van der Waals surface area contributed by atoms with Gasteiger partial charge in [-0.15, -0.1) is 0 Å². The molecule has 2 aromatic rings. The van der Waals surface area contributed by atoms with Gasteiger partial charge in [-0.2, -0.15) is 4.98 Å². The number of hydrogen-bond donors (Lipinski definition) is 1. The van der Waals surface area contributed by atoms with Crippen molar-refractivity contribution in [3.63, 3.8) is 0 Å². The number of hydrogen-bond acceptors (Lipinski definition) is 4. The summed E-state index contributed by atoms with van der Waals surface area (Å²) in [7, 11) is 0. The molecule has 0 aliphatic carbocycles. The Morgan fingerprint density at radius 2 is 1.82 bits per heavy atom. The summed E-state index contributed by atoms with van der Waals surface area (Å²) < 4.78 is 5.23. The van der Waals surface area contributed by atoms with Gasteiger partial charge < -0.3 is 10.3 Å². The molecule has 4 nitrogen and oxygen atoms in total. The zero-order valence-electron chi connectivity index (χ0n) is 10.3. The quantitative estimate of drug-likeness (QED) is 0.862. The first-order chi connectivity index (χ1) is 7.98. The second-order valence-electron chi connectivity index (χ2n) is 5.10. The molecule has 0 saturated heterocycles. The normalized spacial score (nSPS) is 13.6. The van der Waals surface area contributed by atoms with Crippen molar-refractivity contribution in [1.29, 1.82) is 0 Å². The van der Waals surface area contributed by atoms with Crippen LogP contribution < -0.4 is 5.73 Å². The molecule has 1 heterocycles. The lowest BCUT2D eigenvalue weighted by atomic mass is 9.97. The standard InChI is InChI=1S/C13H17N3O/c1-13(2,3)12-15-11(16-17-12)10(14)9-7-5-4-6-8-9/h4-8,10H,14H2,1-3H3. The number of rotatable bonds is 2. The molecule has 0 aliphatic rings. The summed E-state index contributed by atoms with van der Waals surface area (Å²) in [5.41, 5.74) is 6.92. The van der Waals surface area contributed by atoms with Crippen molar-refractivity contribution in [2.45, 2.75) is 32.2 Å². The Hall–Kier alpha value is -1.68. The first-order valence-corrected chi connectivity index (χ1v) is 5.63. The zero-order chi connectivity index (χ0) is 12.5. The average Bonchev–Trinajstić information content (AvgIpc) is 2.78. The van der Waals surface area contributed by atoms with Crippen molar-refractivity contribution < 1.29 is 4.52 Å². The van der Waals surface area contributed by atoms with Gasteiger partial charge in [0.15, 0.2) is 5.82 Å². The topological polar surface area (TPSA) is 64.9 Å². The van der Waals surface area contributed by atoms with Gasteiger partial charge in [0.2, 0.25) is 5.89 Å². The van der Waals surface area contributed by atoms with Crippen molar-refractivity contribution in [2.75, 3.05) is 0 Å². The smallest absolute Gasteiger partial charge is 0.232 e. The second kappa shape index (κ2) is 4.30. The second-order valence-corrected chi connectivity index (χ2v) is 5.10. The molecule has 1 atom stereocenters. The Morgan fingerprint density at radius 3 is 2.35 bits per heavy atom. The van der Waals surface area contributed by atoms with Crippen LogP contribution in [0.2, 0.25) is 0 Å². The van der Waals surface area contributed by atoms with Crippen LogP contribution in [-0.4, -0.2) is 10.1 Å². The Bertz CT molecular complexity index is 485. The van der Waals surface area contributed by atoms with Crippen LogP contribution in [0, 0.1) is 0 Å². The van der Waals surface area contributed by atoms with E-state index < -0.39 is 0 Å². The number of nitrogens with two attached hydrogens (primary N) is 1. The van der Waals surface area contributed by atoms with Gasteiger partial charge in [-0.25, -0.2) is 0 Å². The number of benzene rings is 1. The first-order valence-electron chi connectivity index (χ1n) is 5.63. The van der Waals surface area contributed by atoms with Gasteiger partial charge in [0, 0.05) is 5.41 Å². The Morgan fingerprint density at radius 1 is 1.18 bits per heavy atom. The summed E-state index contributed by atoms with van der Waals surface area (Å²) in [5.74, 6) is 1.14. The van der Waals surface area contributed by atoms with Gasteiger partial charge in [0.25, 0.3) is 0 Å². The zero-order valence-corrected chi connectivity index (χ0v) is 10.3. The third-order valence-electron chi connectivity index (χ3n) is 2.52. The van der Waals surface area contributed by atoms with Crippen LogP contribution in [0.5, 0.6) is 0 Å². The Balaban J connectivity index is 2.27. The van der Waals surface area contributed by atoms with E-state index in [0.29, 0.717) is 11.7 Å². The third-order valence-corrected chi connectivity index (χ3v) is 2.52. The van der Waals surface area contributed by atoms with Crippen molar-refractivity contribution in [3.05, 3.63) is 47.6 Å². The lowest BCUT2D eigenvalue weighted by Gasteiger charge is -2.11. The minimum Gasteiger partial charge on any atom is -0.339 e. The molecule has 0 bridgehead atoms. The van der Waals surface area contributed by atoms with Crippen LogP contribution in [0.1, 0.15) is 44.1 Å². The molecule has 0 saturated carbocycles. The molecule has 2 rings (SSSR count). The van der Waals surface area contributed by atoms with Gasteiger partial charge in [0.1, 0.15) is 0 Å². The molecule has 0 spiro atoms. The third kappa shape index (κ3) is 2.53. The maximum absolute atomic E-state index is 6.09. The van der Waals surface area contributed by atoms with Crippen molar-refractivity contribution in [1.82, 2.24) is 10.1 Å². The van der Waals surface area contributed by atoms with E-state index in [0.717, 1.165) is 5.56 Å². The van der Waals surface area contributed by atoms with Gasteiger partial charge in [-0.1, -0.05) is 56.3 Å². The minimum absolute atomic E-state index is 0.151. The van der Waals surface area contributed by atoms with Crippen LogP contribution in [0.25, 0.3) is 0 Å². The molecular formula is C13H17N3O. The van der Waals surface area contributed by atoms with E-state index in [1.165, 1.54) is 0 Å². The van der Waals surface area contributed by atoms with Gasteiger partial charge in [0.05, 0.1) is 6.04 Å². The molecule has 1 aromatic heterocycles. The highest BCUT2D eigenvalue weighted by molar-refractivity contribution is 5.23. The highest BCUT2D eigenvalue weighted by atomic mass is 16.5. The summed E-state index contributed by atoms with van der Waals surface area (Å²) in [4.78, 5) is 4.36. The average molecular weight is 231 g/mol. The summed E-state index contributed by atoms with van der Waals surface area (Å²) in [6, 6.07) is 9.42. The largest absolute Gasteiger partial charge is 0.339 e. The Labute approximate surface area is 101 Å². The maximum Gasteiger partial charge on any atom is 0.232 e. The number of nitrogens with zero attached hydrogens (tertiary/aromatic N) is 2. The van der Waals surface area contributed by atoms with Crippen LogP contribution >= 0.6 is 0 Å². The first kappa shape index (κ1) is 11.8. The molecule has 0 fully saturated rings. The van der Waals surface area contributed by atoms with E-state index >= 15 is 0 Å². The van der Waals surface area contributed by atoms with Crippen LogP contribution in [-0.2, 0) is 5.41 Å². The van der Waals surface area contributed by atoms with Crippen LogP contribution in [0.15, 0.2) is 34.9 Å². The van der Waals surface area contributed by atoms with E-state index in [4.69, 9.17) is 10.3 Å². The predicted octanol–water partition coefficient (Wildman–Crippen LogP) is 2.42. The number of aromatic nitrogens is 2. The molecule has 1 unspecified atom stereocenters. The highest BCUT2D eigenvalue weighted by Crippen LogP contribution is 2.23. The molecule has 4 heteroatoms. The van der Waals surface area contributed by atoms with E-state index in [-0.39, 0.29) is 11.5 Å². The fourth-order valence-corrected chi connectivity index (χ4v) is 1.48. The summed E-state index contributed by atoms with van der Waals surface area (Å²) in [6.07, 6.45) is 0. The van der Waals surface area contributed by atoms with Gasteiger partial charge >= 0.3 is 0 Å². The molecule has 0 aliphatic heterocycles. The molecule has 17 heavy (non-hydrogen) atoms. The minimum atomic E-state index is -0.337. The van der Waals surface area contributed by atoms with Gasteiger partial charge in [-0.05, 0) is 5.56 Å². The monoisotopic (exact) mass is 231 g/mol. The highest BCUT2D eigenvalue weighted by Gasteiger charge is 2.24. The molecule has 0 radical (unpaired) electrons. The van der Waals surface area contributed by atoms with E-state index in [1.807, 2.05) is 51.1 Å². The lowest BCUT2D eigenvalue weighted by Crippen LogP contribution is -2.15. The van der Waals surface area contributed by atoms with E-state index in [2.05, 4.69) is 10.1 Å². The molecule has 90 valence electrons. The van der Waals surface area contributed by atoms with Crippen molar-refractivity contribution in [2.24, 2.45) is 5.73 Å². The van der Waals surface area contributed by atoms with Crippen LogP contribution in [0.3, 0.4) is 0 Å². The van der Waals surface area contributed by atoms with Crippen molar-refractivity contribution >= 4 is 0 Å². The van der Waals surface area contributed by atoms with Crippen LogP contribution in [0.4, 0.5) is 0 Å². The maximum atomic E-state index is 6.09. The summed E-state index contributed by atoms with van der Waals surface area (Å²) in [5, 5.41) is 3.95. The molecule has 2 N–H and O–H groups in total. The fraction of sp³-hybridized carbons (Fsp3) is 0.385. The van der Waals surface area contributed by atoms with E-state index in [1.54, 1.807) is 0 Å². The predicted molar refractivity (Wildman–Crippen MR) is 65.5 cm³/mol. The Kier molecular flexibility index (Phi) is 2.98. The fourth-order valence-electron chi connectivity index (χ4n) is 1.48. The lowest BCUT2D eigenvalue weighted by molar-refractivity contribution is 0.317. The molecule has 0 amide bonds. The van der Waals surface area contributed by atoms with Gasteiger partial charge in [-0.3, -0.25) is 0 Å². The van der Waals surface area contributed by atoms with E-state index in [9.17, 15) is 0 Å². The molecule has 1 aromatic carbocycles. The SMILES string of the molecule is CC(C)(C)c1nc(C(N)c2ccccc2)no1. The molecular weight excluding hydrogens is 214 g/mol. The van der Waals surface area contributed by atoms with Crippen molar-refractivity contribution in [3.8, 4) is 0 Å². The summed E-state index contributed by atoms with van der Waals surface area (Å²) >= 11 is 0. The summed E-state index contributed by atoms with van der Waals surface area (Å²) in [6.45, 7) is 6.08.